The van der Waals surface area contributed by atoms with Gasteiger partial charge in [0.25, 0.3) is 0 Å². The van der Waals surface area contributed by atoms with E-state index in [-0.39, 0.29) is 0 Å². The number of fused-ring (bicyclic) bond motifs is 1. The van der Waals surface area contributed by atoms with Crippen LogP contribution in [0.25, 0.3) is 0 Å². The summed E-state index contributed by atoms with van der Waals surface area (Å²) in [4.78, 5) is 0. The number of methoxy groups -OCH3 is 2. The predicted octanol–water partition coefficient (Wildman–Crippen LogP) is 4.58. The van der Waals surface area contributed by atoms with Crippen molar-refractivity contribution in [1.82, 2.24) is 0 Å². The van der Waals surface area contributed by atoms with Crippen molar-refractivity contribution in [3.63, 3.8) is 0 Å². The van der Waals surface area contributed by atoms with E-state index in [2.05, 4.69) is 13.2 Å². The average molecular weight is 340 g/mol. The van der Waals surface area contributed by atoms with Crippen LogP contribution in [-0.4, -0.2) is 21.0 Å². The number of rotatable bonds is 6. The summed E-state index contributed by atoms with van der Waals surface area (Å²) >= 11 is 0. The van der Waals surface area contributed by atoms with E-state index in [4.69, 9.17) is 18.9 Å². The average Bonchev–Trinajstić information content (AvgIpc) is 3.10. The van der Waals surface area contributed by atoms with Gasteiger partial charge >= 0.3 is 0 Å². The van der Waals surface area contributed by atoms with Crippen LogP contribution in [-0.2, 0) is 12.8 Å². The van der Waals surface area contributed by atoms with Gasteiger partial charge in [-0.1, -0.05) is 24.3 Å². The minimum absolute atomic E-state index is 0.340. The Morgan fingerprint density at radius 2 is 1.44 bits per heavy atom. The molecule has 0 atom stereocenters. The van der Waals surface area contributed by atoms with Crippen LogP contribution in [0.4, 0.5) is 0 Å². The fraction of sp³-hybridized carbons (Fsp3) is 0.238. The Balaban J connectivity index is 0.000000181. The van der Waals surface area contributed by atoms with Gasteiger partial charge in [-0.05, 0) is 48.2 Å². The molecule has 0 aliphatic carbocycles. The van der Waals surface area contributed by atoms with Crippen LogP contribution < -0.4 is 18.9 Å². The van der Waals surface area contributed by atoms with Gasteiger partial charge in [-0.25, -0.2) is 0 Å². The smallest absolute Gasteiger partial charge is 0.231 e. The molecule has 0 radical (unpaired) electrons. The molecule has 2 aromatic rings. The zero-order chi connectivity index (χ0) is 18.1. The van der Waals surface area contributed by atoms with Crippen LogP contribution in [0.15, 0.2) is 61.7 Å². The normalized spacial score (nSPS) is 11.1. The lowest BCUT2D eigenvalue weighted by molar-refractivity contribution is 0.174. The first-order valence-electron chi connectivity index (χ1n) is 8.03. The third-order valence-electron chi connectivity index (χ3n) is 3.65. The van der Waals surface area contributed by atoms with E-state index in [1.807, 2.05) is 48.6 Å². The minimum Gasteiger partial charge on any atom is -0.493 e. The van der Waals surface area contributed by atoms with Gasteiger partial charge in [-0.3, -0.25) is 0 Å². The van der Waals surface area contributed by atoms with Gasteiger partial charge < -0.3 is 18.9 Å². The van der Waals surface area contributed by atoms with Crippen molar-refractivity contribution in [1.29, 1.82) is 0 Å². The first-order valence-corrected chi connectivity index (χ1v) is 8.03. The molecule has 0 saturated heterocycles. The summed E-state index contributed by atoms with van der Waals surface area (Å²) in [6.45, 7) is 7.70. The second-order valence-corrected chi connectivity index (χ2v) is 5.36. The summed E-state index contributed by atoms with van der Waals surface area (Å²) in [5.74, 6) is 3.20. The molecule has 0 amide bonds. The molecule has 0 unspecified atom stereocenters. The Labute approximate surface area is 149 Å². The van der Waals surface area contributed by atoms with Crippen LogP contribution in [0.5, 0.6) is 23.0 Å². The van der Waals surface area contributed by atoms with Crippen molar-refractivity contribution in [2.75, 3.05) is 21.0 Å². The maximum atomic E-state index is 5.23. The number of ether oxygens (including phenoxy) is 4. The van der Waals surface area contributed by atoms with Crippen LogP contribution in [0.3, 0.4) is 0 Å². The summed E-state index contributed by atoms with van der Waals surface area (Å²) in [6.07, 6.45) is 5.45. The molecule has 4 heteroatoms. The Morgan fingerprint density at radius 3 is 2.08 bits per heavy atom. The van der Waals surface area contributed by atoms with Gasteiger partial charge in [0.2, 0.25) is 6.79 Å². The van der Waals surface area contributed by atoms with Crippen LogP contribution in [0.2, 0.25) is 0 Å². The van der Waals surface area contributed by atoms with E-state index >= 15 is 0 Å². The first kappa shape index (κ1) is 18.5. The number of benzene rings is 2. The lowest BCUT2D eigenvalue weighted by Crippen LogP contribution is -1.92. The fourth-order valence-corrected chi connectivity index (χ4v) is 2.41. The highest BCUT2D eigenvalue weighted by Crippen LogP contribution is 2.32. The molecule has 0 fully saturated rings. The molecule has 1 aliphatic rings. The highest BCUT2D eigenvalue weighted by atomic mass is 16.7. The molecule has 4 nitrogen and oxygen atoms in total. The SMILES string of the molecule is C=CCc1ccc(OC)c(OC)c1.C=CCc1ccc2c(c1)OCO2. The van der Waals surface area contributed by atoms with Gasteiger partial charge in [-0.15, -0.1) is 13.2 Å². The van der Waals surface area contributed by atoms with E-state index in [0.29, 0.717) is 6.79 Å². The Kier molecular flexibility index (Phi) is 6.96. The van der Waals surface area contributed by atoms with Gasteiger partial charge in [0.05, 0.1) is 14.2 Å². The standard InChI is InChI=1S/C11H14O2.C10H10O2/c1-4-5-9-6-7-10(12-2)11(8-9)13-3;1-2-3-8-4-5-9-10(6-8)12-7-11-9/h4,6-8H,1,5H2,2-3H3;2,4-6H,1,3,7H2. The lowest BCUT2D eigenvalue weighted by atomic mass is 10.1. The highest BCUT2D eigenvalue weighted by Gasteiger charge is 2.12. The van der Waals surface area contributed by atoms with Crippen LogP contribution in [0, 0.1) is 0 Å². The van der Waals surface area contributed by atoms with E-state index in [1.54, 1.807) is 14.2 Å². The third kappa shape index (κ3) is 5.05. The largest absolute Gasteiger partial charge is 0.493 e. The second kappa shape index (κ2) is 9.42. The Morgan fingerprint density at radius 1 is 0.840 bits per heavy atom. The van der Waals surface area contributed by atoms with Gasteiger partial charge in [-0.2, -0.15) is 0 Å². The molecule has 0 bridgehead atoms. The maximum Gasteiger partial charge on any atom is 0.231 e. The second-order valence-electron chi connectivity index (χ2n) is 5.36. The molecule has 0 N–H and O–H groups in total. The molecule has 1 aliphatic heterocycles. The Hall–Kier alpha value is -2.88. The summed E-state index contributed by atoms with van der Waals surface area (Å²) < 4.78 is 20.7. The van der Waals surface area contributed by atoms with Crippen LogP contribution >= 0.6 is 0 Å². The lowest BCUT2D eigenvalue weighted by Gasteiger charge is -2.08. The summed E-state index contributed by atoms with van der Waals surface area (Å²) in [5, 5.41) is 0. The van der Waals surface area contributed by atoms with Crippen molar-refractivity contribution in [2.24, 2.45) is 0 Å². The van der Waals surface area contributed by atoms with Crippen molar-refractivity contribution >= 4 is 0 Å². The molecule has 0 spiro atoms. The van der Waals surface area contributed by atoms with Gasteiger partial charge in [0.1, 0.15) is 0 Å². The minimum atomic E-state index is 0.340. The molecule has 132 valence electrons. The Bertz CT molecular complexity index is 722. The van der Waals surface area contributed by atoms with E-state index in [0.717, 1.165) is 35.8 Å². The zero-order valence-electron chi connectivity index (χ0n) is 14.8. The molecule has 3 rings (SSSR count). The maximum absolute atomic E-state index is 5.23. The number of hydrogen-bond donors (Lipinski definition) is 0. The zero-order valence-corrected chi connectivity index (χ0v) is 14.8. The quantitative estimate of drug-likeness (QED) is 0.722. The fourth-order valence-electron chi connectivity index (χ4n) is 2.41. The highest BCUT2D eigenvalue weighted by molar-refractivity contribution is 5.45. The third-order valence-corrected chi connectivity index (χ3v) is 3.65. The van der Waals surface area contributed by atoms with Crippen molar-refractivity contribution < 1.29 is 18.9 Å². The predicted molar refractivity (Wildman–Crippen MR) is 99.9 cm³/mol. The van der Waals surface area contributed by atoms with Crippen LogP contribution in [0.1, 0.15) is 11.1 Å². The van der Waals surface area contributed by atoms with Gasteiger partial charge in [0.15, 0.2) is 23.0 Å². The molecular formula is C21H24O4. The number of hydrogen-bond acceptors (Lipinski definition) is 4. The molecule has 0 saturated carbocycles. The molecule has 2 aromatic carbocycles. The van der Waals surface area contributed by atoms with Crippen molar-refractivity contribution in [3.8, 4) is 23.0 Å². The molecule has 25 heavy (non-hydrogen) atoms. The van der Waals surface area contributed by atoms with Crippen molar-refractivity contribution in [3.05, 3.63) is 72.8 Å². The topological polar surface area (TPSA) is 36.9 Å². The van der Waals surface area contributed by atoms with Gasteiger partial charge in [0, 0.05) is 0 Å². The monoisotopic (exact) mass is 340 g/mol. The number of allylic oxidation sites excluding steroid dienone is 2. The van der Waals surface area contributed by atoms with Crippen molar-refractivity contribution in [2.45, 2.75) is 12.8 Å². The van der Waals surface area contributed by atoms with E-state index in [1.165, 1.54) is 11.1 Å². The van der Waals surface area contributed by atoms with E-state index in [9.17, 15) is 0 Å². The molecule has 1 heterocycles. The van der Waals surface area contributed by atoms with E-state index < -0.39 is 0 Å². The molecule has 0 aromatic heterocycles. The summed E-state index contributed by atoms with van der Waals surface area (Å²) in [5.41, 5.74) is 2.38. The summed E-state index contributed by atoms with van der Waals surface area (Å²) in [6, 6.07) is 11.8. The summed E-state index contributed by atoms with van der Waals surface area (Å²) in [7, 11) is 3.26. The molecular weight excluding hydrogens is 316 g/mol. The first-order chi connectivity index (χ1) is 12.2.